The molecule has 0 aliphatic heterocycles. The van der Waals surface area contributed by atoms with Crippen LogP contribution in [0.2, 0.25) is 0 Å². The van der Waals surface area contributed by atoms with Crippen LogP contribution in [0, 0.1) is 11.8 Å². The molecule has 3 N–H and O–H groups in total. The summed E-state index contributed by atoms with van der Waals surface area (Å²) in [5, 5.41) is 2.73. The number of nitrogens with one attached hydrogen (secondary N) is 1. The number of rotatable bonds is 2. The minimum absolute atomic E-state index is 0.0484. The monoisotopic (exact) mass is 180 g/mol. The quantitative estimate of drug-likeness (QED) is 0.604. The van der Waals surface area contributed by atoms with Gasteiger partial charge in [0.25, 0.3) is 0 Å². The lowest BCUT2D eigenvalue weighted by atomic mass is 9.98. The fourth-order valence-electron chi connectivity index (χ4n) is 1.62. The van der Waals surface area contributed by atoms with E-state index in [4.69, 9.17) is 5.73 Å². The number of carbonyl (C=O) groups excluding carboxylic acids is 1. The van der Waals surface area contributed by atoms with E-state index in [2.05, 4.69) is 17.2 Å². The predicted molar refractivity (Wildman–Crippen MR) is 51.8 cm³/mol. The summed E-state index contributed by atoms with van der Waals surface area (Å²) >= 11 is 0. The number of nitrogens with two attached hydrogens (primary N) is 1. The Morgan fingerprint density at radius 3 is 2.69 bits per heavy atom. The summed E-state index contributed by atoms with van der Waals surface area (Å²) in [6.07, 6.45) is 3.73. The van der Waals surface area contributed by atoms with Crippen molar-refractivity contribution in [1.82, 2.24) is 5.32 Å². The Morgan fingerprint density at radius 2 is 2.15 bits per heavy atom. The van der Waals surface area contributed by atoms with E-state index in [1.165, 1.54) is 0 Å². The van der Waals surface area contributed by atoms with Crippen LogP contribution in [0.1, 0.15) is 32.6 Å². The molecule has 72 valence electrons. The van der Waals surface area contributed by atoms with Crippen LogP contribution in [-0.2, 0) is 4.79 Å². The van der Waals surface area contributed by atoms with Crippen LogP contribution in [-0.4, -0.2) is 18.0 Å². The van der Waals surface area contributed by atoms with Crippen molar-refractivity contribution in [2.24, 2.45) is 5.73 Å². The summed E-state index contributed by atoms with van der Waals surface area (Å²) in [5.41, 5.74) is 5.31. The highest BCUT2D eigenvalue weighted by molar-refractivity contribution is 5.86. The van der Waals surface area contributed by atoms with Gasteiger partial charge < -0.3 is 11.1 Å². The number of hydrogen-bond donors (Lipinski definition) is 2. The van der Waals surface area contributed by atoms with Gasteiger partial charge in [-0.2, -0.15) is 0 Å². The molecule has 1 rings (SSSR count). The molecule has 0 saturated heterocycles. The Kier molecular flexibility index (Phi) is 3.32. The van der Waals surface area contributed by atoms with Gasteiger partial charge in [-0.25, -0.2) is 0 Å². The van der Waals surface area contributed by atoms with Gasteiger partial charge in [0.05, 0.1) is 12.1 Å². The first kappa shape index (κ1) is 10.1. The summed E-state index contributed by atoms with van der Waals surface area (Å²) in [5.74, 6) is 5.45. The highest BCUT2D eigenvalue weighted by Crippen LogP contribution is 2.26. The summed E-state index contributed by atoms with van der Waals surface area (Å²) in [6.45, 7) is 2.16. The first-order valence-corrected chi connectivity index (χ1v) is 4.66. The summed E-state index contributed by atoms with van der Waals surface area (Å²) < 4.78 is 0. The normalized spacial score (nSPS) is 18.9. The molecule has 0 spiro atoms. The third-order valence-electron chi connectivity index (χ3n) is 2.46. The molecule has 0 bridgehead atoms. The molecule has 0 unspecified atom stereocenters. The molecule has 13 heavy (non-hydrogen) atoms. The van der Waals surface area contributed by atoms with Crippen LogP contribution < -0.4 is 11.1 Å². The smallest absolute Gasteiger partial charge is 0.240 e. The third-order valence-corrected chi connectivity index (χ3v) is 2.46. The van der Waals surface area contributed by atoms with Gasteiger partial charge in [0.2, 0.25) is 5.91 Å². The molecule has 1 aliphatic carbocycles. The van der Waals surface area contributed by atoms with E-state index in [9.17, 15) is 4.79 Å². The van der Waals surface area contributed by atoms with E-state index in [-0.39, 0.29) is 5.91 Å². The van der Waals surface area contributed by atoms with Crippen molar-refractivity contribution in [3.8, 4) is 11.8 Å². The predicted octanol–water partition coefficient (Wildman–Crippen LogP) is 0.397. The van der Waals surface area contributed by atoms with Gasteiger partial charge in [-0.3, -0.25) is 4.79 Å². The highest BCUT2D eigenvalue weighted by Gasteiger charge is 2.36. The average molecular weight is 180 g/mol. The lowest BCUT2D eigenvalue weighted by Crippen LogP contribution is -2.51. The first-order valence-electron chi connectivity index (χ1n) is 4.66. The van der Waals surface area contributed by atoms with Crippen LogP contribution in [0.25, 0.3) is 0 Å². The van der Waals surface area contributed by atoms with Crippen LogP contribution in [0.15, 0.2) is 0 Å². The third kappa shape index (κ3) is 2.46. The lowest BCUT2D eigenvalue weighted by molar-refractivity contribution is -0.125. The molecule has 1 aliphatic rings. The second-order valence-electron chi connectivity index (χ2n) is 3.47. The molecular formula is C10H16N2O. The maximum absolute atomic E-state index is 11.5. The van der Waals surface area contributed by atoms with Gasteiger partial charge in [-0.05, 0) is 19.8 Å². The SMILES string of the molecule is CC#CCNC(=O)C1(N)CCCC1. The minimum atomic E-state index is -0.616. The Bertz CT molecular complexity index is 243. The minimum Gasteiger partial charge on any atom is -0.344 e. The lowest BCUT2D eigenvalue weighted by Gasteiger charge is -2.21. The second-order valence-corrected chi connectivity index (χ2v) is 3.47. The fraction of sp³-hybridized carbons (Fsp3) is 0.700. The Morgan fingerprint density at radius 1 is 1.54 bits per heavy atom. The molecule has 1 amide bonds. The standard InChI is InChI=1S/C10H16N2O/c1-2-3-8-12-9(13)10(11)6-4-5-7-10/h4-8,11H2,1H3,(H,12,13). The molecule has 3 heteroatoms. The van der Waals surface area contributed by atoms with Gasteiger partial charge in [0.1, 0.15) is 0 Å². The van der Waals surface area contributed by atoms with Crippen LogP contribution >= 0.6 is 0 Å². The Balaban J connectivity index is 2.40. The largest absolute Gasteiger partial charge is 0.344 e. The van der Waals surface area contributed by atoms with E-state index >= 15 is 0 Å². The number of hydrogen-bond acceptors (Lipinski definition) is 2. The van der Waals surface area contributed by atoms with E-state index in [1.54, 1.807) is 6.92 Å². The van der Waals surface area contributed by atoms with Crippen LogP contribution in [0.5, 0.6) is 0 Å². The zero-order valence-electron chi connectivity index (χ0n) is 8.02. The number of amides is 1. The van der Waals surface area contributed by atoms with E-state index in [0.29, 0.717) is 6.54 Å². The summed E-state index contributed by atoms with van der Waals surface area (Å²) in [7, 11) is 0. The average Bonchev–Trinajstić information content (AvgIpc) is 2.54. The first-order chi connectivity index (χ1) is 6.19. The topological polar surface area (TPSA) is 55.1 Å². The fourth-order valence-corrected chi connectivity index (χ4v) is 1.62. The van der Waals surface area contributed by atoms with Crippen LogP contribution in [0.3, 0.4) is 0 Å². The second kappa shape index (κ2) is 4.29. The van der Waals surface area contributed by atoms with Crippen LogP contribution in [0.4, 0.5) is 0 Å². The Labute approximate surface area is 79.1 Å². The van der Waals surface area contributed by atoms with Crippen molar-refractivity contribution < 1.29 is 4.79 Å². The molecule has 0 aromatic carbocycles. The molecule has 0 radical (unpaired) electrons. The summed E-state index contributed by atoms with van der Waals surface area (Å²) in [4.78, 5) is 11.5. The zero-order chi connectivity index (χ0) is 9.73. The molecule has 3 nitrogen and oxygen atoms in total. The molecule has 0 aromatic heterocycles. The van der Waals surface area contributed by atoms with Gasteiger partial charge in [-0.15, -0.1) is 5.92 Å². The van der Waals surface area contributed by atoms with E-state index in [1.807, 2.05) is 0 Å². The van der Waals surface area contributed by atoms with Gasteiger partial charge >= 0.3 is 0 Å². The maximum Gasteiger partial charge on any atom is 0.240 e. The van der Waals surface area contributed by atoms with Crippen molar-refractivity contribution in [2.45, 2.75) is 38.1 Å². The van der Waals surface area contributed by atoms with Crippen molar-refractivity contribution in [3.63, 3.8) is 0 Å². The van der Waals surface area contributed by atoms with Crippen molar-refractivity contribution in [3.05, 3.63) is 0 Å². The number of carbonyl (C=O) groups is 1. The van der Waals surface area contributed by atoms with Gasteiger partial charge in [-0.1, -0.05) is 18.8 Å². The molecule has 0 heterocycles. The highest BCUT2D eigenvalue weighted by atomic mass is 16.2. The summed E-state index contributed by atoms with van der Waals surface area (Å²) in [6, 6.07) is 0. The zero-order valence-corrected chi connectivity index (χ0v) is 8.02. The molecular weight excluding hydrogens is 164 g/mol. The van der Waals surface area contributed by atoms with Gasteiger partial charge in [0.15, 0.2) is 0 Å². The Hall–Kier alpha value is -1.01. The van der Waals surface area contributed by atoms with Crippen molar-refractivity contribution >= 4 is 5.91 Å². The molecule has 1 fully saturated rings. The van der Waals surface area contributed by atoms with Crippen molar-refractivity contribution in [2.75, 3.05) is 6.54 Å². The van der Waals surface area contributed by atoms with E-state index < -0.39 is 5.54 Å². The molecule has 0 atom stereocenters. The molecule has 1 saturated carbocycles. The maximum atomic E-state index is 11.5. The van der Waals surface area contributed by atoms with E-state index in [0.717, 1.165) is 25.7 Å². The van der Waals surface area contributed by atoms with Gasteiger partial charge in [0, 0.05) is 0 Å². The molecule has 0 aromatic rings. The van der Waals surface area contributed by atoms with Crippen molar-refractivity contribution in [1.29, 1.82) is 0 Å².